The van der Waals surface area contributed by atoms with Gasteiger partial charge in [0.05, 0.1) is 13.7 Å². The Morgan fingerprint density at radius 2 is 2.00 bits per heavy atom. The molecule has 1 aromatic carbocycles. The van der Waals surface area contributed by atoms with Crippen LogP contribution in [0.4, 0.5) is 0 Å². The molecule has 2 aliphatic rings. The van der Waals surface area contributed by atoms with Gasteiger partial charge in [0, 0.05) is 12.5 Å². The summed E-state index contributed by atoms with van der Waals surface area (Å²) >= 11 is 0. The van der Waals surface area contributed by atoms with Gasteiger partial charge >= 0.3 is 5.97 Å². The van der Waals surface area contributed by atoms with E-state index < -0.39 is 5.97 Å². The Morgan fingerprint density at radius 3 is 2.73 bits per heavy atom. The number of esters is 1. The lowest BCUT2D eigenvalue weighted by molar-refractivity contribution is -0.114. The molecule has 1 aromatic rings. The quantitative estimate of drug-likeness (QED) is 0.755. The smallest absolute Gasteiger partial charge is 0.342 e. The van der Waals surface area contributed by atoms with E-state index in [-0.39, 0.29) is 40.6 Å². The summed E-state index contributed by atoms with van der Waals surface area (Å²) in [6.07, 6.45) is 7.08. The maximum Gasteiger partial charge on any atom is 0.342 e. The zero-order chi connectivity index (χ0) is 17.1. The van der Waals surface area contributed by atoms with Crippen molar-refractivity contribution in [2.75, 3.05) is 13.7 Å². The number of fused-ring (bicyclic) bond motifs is 3. The van der Waals surface area contributed by atoms with E-state index in [0.29, 0.717) is 24.5 Å². The van der Waals surface area contributed by atoms with Gasteiger partial charge in [-0.2, -0.15) is 0 Å². The van der Waals surface area contributed by atoms with Crippen molar-refractivity contribution in [1.82, 2.24) is 0 Å². The molecule has 3 rings (SSSR count). The van der Waals surface area contributed by atoms with Crippen molar-refractivity contribution in [2.45, 2.75) is 38.0 Å². The molecule has 0 saturated heterocycles. The highest BCUT2D eigenvalue weighted by atomic mass is 16.5. The van der Waals surface area contributed by atoms with E-state index >= 15 is 0 Å². The monoisotopic (exact) mass is 366 g/mol. The van der Waals surface area contributed by atoms with E-state index in [1.807, 2.05) is 6.07 Å². The SMILES string of the molecule is COc1cc(O)c2c(c1)C1CC1CCCC(=O)/C=C\CCOC2=O.O.O. The molecule has 0 spiro atoms. The predicted octanol–water partition coefficient (Wildman–Crippen LogP) is 1.71. The lowest BCUT2D eigenvalue weighted by Crippen LogP contribution is -2.10. The van der Waals surface area contributed by atoms with Gasteiger partial charge in [-0.3, -0.25) is 4.79 Å². The largest absolute Gasteiger partial charge is 0.507 e. The van der Waals surface area contributed by atoms with Crippen LogP contribution in [0.1, 0.15) is 53.9 Å². The van der Waals surface area contributed by atoms with Crippen LogP contribution in [-0.4, -0.2) is 41.5 Å². The van der Waals surface area contributed by atoms with Crippen LogP contribution in [0.15, 0.2) is 24.3 Å². The summed E-state index contributed by atoms with van der Waals surface area (Å²) in [7, 11) is 1.53. The number of carbonyl (C=O) groups excluding carboxylic acids is 2. The molecule has 1 fully saturated rings. The summed E-state index contributed by atoms with van der Waals surface area (Å²) in [5.41, 5.74) is 1.04. The summed E-state index contributed by atoms with van der Waals surface area (Å²) in [6.45, 7) is 0.182. The number of rotatable bonds is 1. The van der Waals surface area contributed by atoms with Crippen molar-refractivity contribution < 1.29 is 35.1 Å². The van der Waals surface area contributed by atoms with Crippen molar-refractivity contribution in [3.63, 3.8) is 0 Å². The van der Waals surface area contributed by atoms with Gasteiger partial charge in [-0.15, -0.1) is 0 Å². The molecule has 1 aliphatic heterocycles. The van der Waals surface area contributed by atoms with Gasteiger partial charge in [-0.1, -0.05) is 6.08 Å². The molecule has 5 N–H and O–H groups in total. The first-order valence-corrected chi connectivity index (χ1v) is 8.37. The van der Waals surface area contributed by atoms with Gasteiger partial charge in [0.2, 0.25) is 0 Å². The zero-order valence-electron chi connectivity index (χ0n) is 14.8. The van der Waals surface area contributed by atoms with Gasteiger partial charge in [0.15, 0.2) is 5.78 Å². The highest BCUT2D eigenvalue weighted by Crippen LogP contribution is 2.53. The maximum absolute atomic E-state index is 12.4. The Labute approximate surface area is 152 Å². The molecule has 0 bridgehead atoms. The number of hydrogen-bond donors (Lipinski definition) is 1. The first-order valence-electron chi connectivity index (χ1n) is 8.37. The predicted molar refractivity (Wildman–Crippen MR) is 95.6 cm³/mol. The summed E-state index contributed by atoms with van der Waals surface area (Å²) in [5, 5.41) is 10.3. The molecule has 1 saturated carbocycles. The van der Waals surface area contributed by atoms with E-state index in [4.69, 9.17) is 9.47 Å². The number of hydrogen-bond acceptors (Lipinski definition) is 5. The zero-order valence-corrected chi connectivity index (χ0v) is 14.8. The number of aromatic hydroxyl groups is 1. The van der Waals surface area contributed by atoms with Crippen LogP contribution in [0.3, 0.4) is 0 Å². The molecule has 0 amide bonds. The fourth-order valence-corrected chi connectivity index (χ4v) is 3.33. The third-order valence-corrected chi connectivity index (χ3v) is 4.70. The van der Waals surface area contributed by atoms with Gasteiger partial charge in [-0.25, -0.2) is 4.79 Å². The van der Waals surface area contributed by atoms with Crippen LogP contribution < -0.4 is 4.74 Å². The summed E-state index contributed by atoms with van der Waals surface area (Å²) in [6, 6.07) is 3.26. The van der Waals surface area contributed by atoms with Gasteiger partial charge < -0.3 is 25.5 Å². The Morgan fingerprint density at radius 1 is 1.23 bits per heavy atom. The summed E-state index contributed by atoms with van der Waals surface area (Å²) < 4.78 is 10.5. The van der Waals surface area contributed by atoms with E-state index in [1.165, 1.54) is 13.2 Å². The Bertz CT molecular complexity index is 681. The number of methoxy groups -OCH3 is 1. The second-order valence-corrected chi connectivity index (χ2v) is 6.40. The van der Waals surface area contributed by atoms with Gasteiger partial charge in [0.25, 0.3) is 0 Å². The lowest BCUT2D eigenvalue weighted by Gasteiger charge is -2.13. The van der Waals surface area contributed by atoms with Gasteiger partial charge in [0.1, 0.15) is 17.1 Å². The number of phenols is 1. The van der Waals surface area contributed by atoms with Crippen LogP contribution in [0.5, 0.6) is 11.5 Å². The molecule has 1 aliphatic carbocycles. The minimum absolute atomic E-state index is 0. The van der Waals surface area contributed by atoms with Crippen LogP contribution in [0.25, 0.3) is 0 Å². The Hall–Kier alpha value is -2.38. The third-order valence-electron chi connectivity index (χ3n) is 4.70. The minimum Gasteiger partial charge on any atom is -0.507 e. The standard InChI is InChI=1S/C19H22O5.2H2O/c1-23-14-10-16-15-9-12(15)5-4-7-13(20)6-2-3-8-24-19(22)18(16)17(21)11-14;;/h2,6,10-12,15,21H,3-5,7-9H2,1H3;2*1H2/b6-2-;;. The van der Waals surface area contributed by atoms with Crippen LogP contribution in [0, 0.1) is 5.92 Å². The molecule has 7 heteroatoms. The van der Waals surface area contributed by atoms with Crippen molar-refractivity contribution >= 4 is 11.8 Å². The second-order valence-electron chi connectivity index (χ2n) is 6.40. The fourth-order valence-electron chi connectivity index (χ4n) is 3.33. The number of ketones is 1. The molecule has 2 atom stereocenters. The Kier molecular flexibility index (Phi) is 7.79. The van der Waals surface area contributed by atoms with E-state index in [9.17, 15) is 14.7 Å². The Balaban J connectivity index is 0.00000169. The van der Waals surface area contributed by atoms with Gasteiger partial charge in [-0.05, 0) is 55.2 Å². The number of phenolic OH excluding ortho intramolecular Hbond substituents is 1. The molecule has 26 heavy (non-hydrogen) atoms. The average molecular weight is 366 g/mol. The average Bonchev–Trinajstić information content (AvgIpc) is 3.32. The molecule has 144 valence electrons. The third kappa shape index (κ3) is 4.83. The highest BCUT2D eigenvalue weighted by Gasteiger charge is 2.41. The molecule has 7 nitrogen and oxygen atoms in total. The number of allylic oxidation sites excluding steroid dienone is 1. The highest BCUT2D eigenvalue weighted by molar-refractivity contribution is 5.95. The minimum atomic E-state index is -0.521. The van der Waals surface area contributed by atoms with Crippen molar-refractivity contribution in [2.24, 2.45) is 5.92 Å². The maximum atomic E-state index is 12.4. The van der Waals surface area contributed by atoms with Crippen molar-refractivity contribution in [1.29, 1.82) is 0 Å². The number of carbonyl (C=O) groups is 2. The van der Waals surface area contributed by atoms with E-state index in [1.54, 1.807) is 12.2 Å². The van der Waals surface area contributed by atoms with Crippen molar-refractivity contribution in [3.05, 3.63) is 35.4 Å². The first kappa shape index (κ1) is 21.7. The second kappa shape index (κ2) is 9.35. The molecule has 1 heterocycles. The molecule has 2 unspecified atom stereocenters. The topological polar surface area (TPSA) is 136 Å². The molecule has 0 radical (unpaired) electrons. The number of cyclic esters (lactones) is 1. The number of ether oxygens (including phenoxy) is 2. The number of benzene rings is 1. The normalized spacial score (nSPS) is 23.7. The van der Waals surface area contributed by atoms with Crippen LogP contribution >= 0.6 is 0 Å². The molecule has 0 aromatic heterocycles. The molecular weight excluding hydrogens is 340 g/mol. The fraction of sp³-hybridized carbons (Fsp3) is 0.474. The lowest BCUT2D eigenvalue weighted by atomic mass is 9.98. The first-order chi connectivity index (χ1) is 11.6. The van der Waals surface area contributed by atoms with E-state index in [0.717, 1.165) is 24.8 Å². The van der Waals surface area contributed by atoms with Crippen molar-refractivity contribution in [3.8, 4) is 11.5 Å². The summed E-state index contributed by atoms with van der Waals surface area (Å²) in [4.78, 5) is 24.1. The molecular formula is C19H26O7. The summed E-state index contributed by atoms with van der Waals surface area (Å²) in [5.74, 6) is 0.676. The van der Waals surface area contributed by atoms with E-state index in [2.05, 4.69) is 0 Å². The van der Waals surface area contributed by atoms with Crippen LogP contribution in [0.2, 0.25) is 0 Å². The van der Waals surface area contributed by atoms with Crippen LogP contribution in [-0.2, 0) is 9.53 Å².